The van der Waals surface area contributed by atoms with Crippen molar-refractivity contribution in [3.8, 4) is 51.0 Å². The van der Waals surface area contributed by atoms with Gasteiger partial charge >= 0.3 is 0 Å². The lowest BCUT2D eigenvalue weighted by Crippen LogP contribution is -2.02. The van der Waals surface area contributed by atoms with Gasteiger partial charge < -0.3 is 13.6 Å². The lowest BCUT2D eigenvalue weighted by molar-refractivity contribution is 0.673. The van der Waals surface area contributed by atoms with Crippen LogP contribution in [0.25, 0.3) is 117 Å². The Labute approximate surface area is 355 Å². The number of hydrogen-bond donors (Lipinski definition) is 0. The number of nitrogens with zero attached hydrogens (tertiary/aromatic N) is 5. The maximum absolute atomic E-state index is 6.61. The van der Waals surface area contributed by atoms with Crippen molar-refractivity contribution in [1.29, 1.82) is 0 Å². The summed E-state index contributed by atoms with van der Waals surface area (Å²) in [5.74, 6) is 1.57. The number of para-hydroxylation sites is 4. The third-order valence-corrected chi connectivity index (χ3v) is 12.4. The molecule has 0 saturated carbocycles. The Morgan fingerprint density at radius 2 is 0.919 bits per heavy atom. The SMILES string of the molecule is c1ccc(-c2nnc(-c3ccccc3)n2-c2ccc3c4ccccc4n(-c4ccccc4-c4cccc(-n5c6ccccc6c6c7oc8ccccc8c7ccc65)c4)c3c2)cc1. The smallest absolute Gasteiger partial charge is 0.168 e. The largest absolute Gasteiger partial charge is 0.455 e. The molecule has 0 fully saturated rings. The van der Waals surface area contributed by atoms with Gasteiger partial charge in [0.05, 0.1) is 38.8 Å². The molecule has 290 valence electrons. The van der Waals surface area contributed by atoms with Crippen LogP contribution < -0.4 is 0 Å². The molecular weight excluding hydrogens is 759 g/mol. The average molecular weight is 794 g/mol. The van der Waals surface area contributed by atoms with Crippen LogP contribution in [0, 0.1) is 0 Å². The average Bonchev–Trinajstić information content (AvgIpc) is 4.11. The van der Waals surface area contributed by atoms with Gasteiger partial charge in [0.25, 0.3) is 0 Å². The van der Waals surface area contributed by atoms with Gasteiger partial charge in [0.1, 0.15) is 11.2 Å². The van der Waals surface area contributed by atoms with Gasteiger partial charge in [-0.1, -0.05) is 152 Å². The minimum absolute atomic E-state index is 0.787. The molecule has 0 saturated heterocycles. The van der Waals surface area contributed by atoms with Crippen LogP contribution in [0.4, 0.5) is 0 Å². The maximum Gasteiger partial charge on any atom is 0.168 e. The molecular formula is C56H35N5O. The molecule has 4 aromatic heterocycles. The summed E-state index contributed by atoms with van der Waals surface area (Å²) in [6, 6.07) is 75.2. The number of benzene rings is 9. The molecule has 6 nitrogen and oxygen atoms in total. The highest BCUT2D eigenvalue weighted by atomic mass is 16.3. The predicted octanol–water partition coefficient (Wildman–Crippen LogP) is 14.4. The Hall–Kier alpha value is -8.48. The molecule has 0 aliphatic carbocycles. The number of furan rings is 1. The summed E-state index contributed by atoms with van der Waals surface area (Å²) in [4.78, 5) is 0. The van der Waals surface area contributed by atoms with Crippen LogP contribution in [0.15, 0.2) is 217 Å². The lowest BCUT2D eigenvalue weighted by Gasteiger charge is -2.16. The first-order valence-corrected chi connectivity index (χ1v) is 20.9. The summed E-state index contributed by atoms with van der Waals surface area (Å²) in [5.41, 5.74) is 13.7. The summed E-state index contributed by atoms with van der Waals surface area (Å²) in [7, 11) is 0. The zero-order valence-electron chi connectivity index (χ0n) is 33.4. The molecule has 62 heavy (non-hydrogen) atoms. The minimum atomic E-state index is 0.787. The molecule has 0 aliphatic rings. The van der Waals surface area contributed by atoms with Crippen molar-refractivity contribution in [2.75, 3.05) is 0 Å². The van der Waals surface area contributed by atoms with Gasteiger partial charge in [-0.2, -0.15) is 0 Å². The van der Waals surface area contributed by atoms with E-state index in [1.807, 2.05) is 42.5 Å². The Bertz CT molecular complexity index is 3810. The molecule has 0 amide bonds. The highest BCUT2D eigenvalue weighted by Crippen LogP contribution is 2.42. The summed E-state index contributed by atoms with van der Waals surface area (Å²) in [6.07, 6.45) is 0. The number of aromatic nitrogens is 5. The fourth-order valence-corrected chi connectivity index (χ4v) is 9.67. The molecule has 6 heteroatoms. The van der Waals surface area contributed by atoms with Gasteiger partial charge in [0, 0.05) is 49.3 Å². The van der Waals surface area contributed by atoms with Crippen molar-refractivity contribution in [3.63, 3.8) is 0 Å². The van der Waals surface area contributed by atoms with E-state index in [-0.39, 0.29) is 0 Å². The Morgan fingerprint density at radius 3 is 1.69 bits per heavy atom. The van der Waals surface area contributed by atoms with Gasteiger partial charge in [-0.15, -0.1) is 10.2 Å². The zero-order chi connectivity index (χ0) is 40.7. The van der Waals surface area contributed by atoms with Crippen LogP contribution in [0.3, 0.4) is 0 Å². The van der Waals surface area contributed by atoms with Crippen molar-refractivity contribution >= 4 is 65.6 Å². The van der Waals surface area contributed by atoms with Crippen LogP contribution in [0.1, 0.15) is 0 Å². The van der Waals surface area contributed by atoms with Gasteiger partial charge in [-0.25, -0.2) is 0 Å². The topological polar surface area (TPSA) is 53.7 Å². The monoisotopic (exact) mass is 793 g/mol. The molecule has 4 heterocycles. The fourth-order valence-electron chi connectivity index (χ4n) is 9.67. The van der Waals surface area contributed by atoms with E-state index < -0.39 is 0 Å². The second-order valence-corrected chi connectivity index (χ2v) is 15.8. The van der Waals surface area contributed by atoms with Crippen LogP contribution in [-0.2, 0) is 0 Å². The Morgan fingerprint density at radius 1 is 0.339 bits per heavy atom. The van der Waals surface area contributed by atoms with E-state index in [2.05, 4.69) is 184 Å². The van der Waals surface area contributed by atoms with E-state index in [0.29, 0.717) is 0 Å². The van der Waals surface area contributed by atoms with Crippen LogP contribution in [0.5, 0.6) is 0 Å². The number of rotatable bonds is 6. The molecule has 0 bridgehead atoms. The van der Waals surface area contributed by atoms with E-state index in [4.69, 9.17) is 14.6 Å². The van der Waals surface area contributed by atoms with Crippen LogP contribution >= 0.6 is 0 Å². The number of fused-ring (bicyclic) bond motifs is 10. The van der Waals surface area contributed by atoms with Crippen molar-refractivity contribution in [2.24, 2.45) is 0 Å². The predicted molar refractivity (Wildman–Crippen MR) is 254 cm³/mol. The Kier molecular flexibility index (Phi) is 7.50. The molecule has 13 rings (SSSR count). The highest BCUT2D eigenvalue weighted by molar-refractivity contribution is 6.24. The quantitative estimate of drug-likeness (QED) is 0.168. The summed E-state index contributed by atoms with van der Waals surface area (Å²) in [6.45, 7) is 0. The van der Waals surface area contributed by atoms with E-state index in [9.17, 15) is 0 Å². The number of hydrogen-bond acceptors (Lipinski definition) is 3. The van der Waals surface area contributed by atoms with E-state index in [0.717, 1.165) is 106 Å². The first-order chi connectivity index (χ1) is 30.8. The normalized spacial score (nSPS) is 11.9. The van der Waals surface area contributed by atoms with Gasteiger partial charge in [-0.05, 0) is 66.2 Å². The van der Waals surface area contributed by atoms with Gasteiger partial charge in [0.2, 0.25) is 0 Å². The van der Waals surface area contributed by atoms with E-state index in [1.54, 1.807) is 0 Å². The molecule has 0 aliphatic heterocycles. The molecule has 13 aromatic rings. The molecule has 0 unspecified atom stereocenters. The van der Waals surface area contributed by atoms with E-state index >= 15 is 0 Å². The van der Waals surface area contributed by atoms with Gasteiger partial charge in [-0.3, -0.25) is 4.57 Å². The van der Waals surface area contributed by atoms with Crippen LogP contribution in [0.2, 0.25) is 0 Å². The second-order valence-electron chi connectivity index (χ2n) is 15.8. The summed E-state index contributed by atoms with van der Waals surface area (Å²) in [5, 5.41) is 16.5. The Balaban J connectivity index is 1.02. The standard InChI is InChI=1S/C56H35N5O/c1-3-16-36(17-4-1)55-57-58-56(37-18-5-2-6-19-37)60(55)40-30-31-43-42-23-8-12-27-48(42)61(51(43)35-40)47-26-11-7-22-41(47)38-20-15-21-39(34-38)59-49-28-13-9-25-46(49)53-50(59)33-32-45-44-24-10-14-29-52(44)62-54(45)53/h1-35H. The lowest BCUT2D eigenvalue weighted by atomic mass is 10.0. The van der Waals surface area contributed by atoms with Crippen LogP contribution in [-0.4, -0.2) is 23.9 Å². The molecule has 9 aromatic carbocycles. The third kappa shape index (κ3) is 5.10. The fraction of sp³-hybridized carbons (Fsp3) is 0. The second kappa shape index (κ2) is 13.5. The minimum Gasteiger partial charge on any atom is -0.455 e. The zero-order valence-corrected chi connectivity index (χ0v) is 33.4. The molecule has 0 spiro atoms. The first kappa shape index (κ1) is 34.4. The van der Waals surface area contributed by atoms with Gasteiger partial charge in [0.15, 0.2) is 11.6 Å². The van der Waals surface area contributed by atoms with Crippen molar-refractivity contribution in [2.45, 2.75) is 0 Å². The summed E-state index contributed by atoms with van der Waals surface area (Å²) < 4.78 is 13.6. The molecule has 0 radical (unpaired) electrons. The molecule has 0 N–H and O–H groups in total. The maximum atomic E-state index is 6.61. The highest BCUT2D eigenvalue weighted by Gasteiger charge is 2.22. The van der Waals surface area contributed by atoms with E-state index in [1.165, 1.54) is 10.8 Å². The molecule has 0 atom stereocenters. The van der Waals surface area contributed by atoms with Crippen molar-refractivity contribution < 1.29 is 4.42 Å². The third-order valence-electron chi connectivity index (χ3n) is 12.4. The van der Waals surface area contributed by atoms with Crippen molar-refractivity contribution in [1.82, 2.24) is 23.9 Å². The summed E-state index contributed by atoms with van der Waals surface area (Å²) >= 11 is 0. The van der Waals surface area contributed by atoms with Crippen molar-refractivity contribution in [3.05, 3.63) is 212 Å². The first-order valence-electron chi connectivity index (χ1n) is 20.9.